The molecule has 0 bridgehead atoms. The molecule has 1 atom stereocenters. The van der Waals surface area contributed by atoms with Crippen LogP contribution in [0.25, 0.3) is 109 Å². The van der Waals surface area contributed by atoms with Gasteiger partial charge in [0.2, 0.25) is 0 Å². The van der Waals surface area contributed by atoms with E-state index in [-0.39, 0.29) is 0 Å². The van der Waals surface area contributed by atoms with Crippen LogP contribution >= 0.6 is 0 Å². The highest BCUT2D eigenvalue weighted by atomic mass is 14.3. The van der Waals surface area contributed by atoms with Crippen LogP contribution in [0.4, 0.5) is 0 Å². The minimum absolute atomic E-state index is 0.359. The number of benzene rings is 11. The second kappa shape index (κ2) is 12.9. The maximum Gasteiger partial charge on any atom is 0.00735 e. The predicted molar refractivity (Wildman–Crippen MR) is 249 cm³/mol. The van der Waals surface area contributed by atoms with Crippen LogP contribution in [0.3, 0.4) is 0 Å². The molecule has 1 aliphatic carbocycles. The summed E-state index contributed by atoms with van der Waals surface area (Å²) in [6.07, 6.45) is 0. The van der Waals surface area contributed by atoms with Crippen molar-refractivity contribution in [3.05, 3.63) is 217 Å². The monoisotopic (exact) mass is 734 g/mol. The van der Waals surface area contributed by atoms with Crippen LogP contribution in [0.1, 0.15) is 24.0 Å². The Morgan fingerprint density at radius 1 is 0.259 bits per heavy atom. The SMILES string of the molecule is CC1c2ccccc2-c2ccc(-c3c4ccccc4c(-c4cc(-c5ccc(-c6cc7ccccc7c7ccccc67)cc5)cc5ccccc45)c4ccccc34)cc21. The van der Waals surface area contributed by atoms with Gasteiger partial charge in [0.05, 0.1) is 0 Å². The van der Waals surface area contributed by atoms with Gasteiger partial charge in [-0.05, 0) is 145 Å². The van der Waals surface area contributed by atoms with Crippen LogP contribution in [0.15, 0.2) is 206 Å². The van der Waals surface area contributed by atoms with Crippen molar-refractivity contribution in [1.82, 2.24) is 0 Å². The van der Waals surface area contributed by atoms with Crippen molar-refractivity contribution < 1.29 is 0 Å². The fourth-order valence-electron chi connectivity index (χ4n) is 10.2. The van der Waals surface area contributed by atoms with Crippen molar-refractivity contribution in [2.45, 2.75) is 12.8 Å². The van der Waals surface area contributed by atoms with Gasteiger partial charge in [-0.25, -0.2) is 0 Å². The number of fused-ring (bicyclic) bond motifs is 9. The van der Waals surface area contributed by atoms with E-state index in [4.69, 9.17) is 0 Å². The maximum absolute atomic E-state index is 2.47. The average Bonchev–Trinajstić information content (AvgIpc) is 3.58. The van der Waals surface area contributed by atoms with Crippen LogP contribution in [0, 0.1) is 0 Å². The summed E-state index contributed by atoms with van der Waals surface area (Å²) in [4.78, 5) is 0. The van der Waals surface area contributed by atoms with Gasteiger partial charge in [-0.3, -0.25) is 0 Å². The standard InChI is InChI=1S/C58H38/c1-36-43-16-6-7-19-46(43)49-31-30-41(34-54(36)49)57-50-22-10-12-24-52(50)58(53-25-13-11-23-51(53)57)56-35-42(32-39-14-2-5-18-45(39)56)37-26-28-38(29-27-37)55-33-40-15-3-4-17-44(40)47-20-8-9-21-48(47)55/h2-36H,1H3. The van der Waals surface area contributed by atoms with Gasteiger partial charge in [0.25, 0.3) is 0 Å². The molecule has 0 nitrogen and oxygen atoms in total. The first-order chi connectivity index (χ1) is 28.7. The molecular formula is C58H38. The van der Waals surface area contributed by atoms with Gasteiger partial charge < -0.3 is 0 Å². The van der Waals surface area contributed by atoms with Crippen molar-refractivity contribution in [2.75, 3.05) is 0 Å². The van der Waals surface area contributed by atoms with Crippen LogP contribution in [0.5, 0.6) is 0 Å². The number of rotatable bonds is 4. The van der Waals surface area contributed by atoms with E-state index in [9.17, 15) is 0 Å². The molecule has 0 fully saturated rings. The summed E-state index contributed by atoms with van der Waals surface area (Å²) in [6, 6.07) is 77.0. The summed E-state index contributed by atoms with van der Waals surface area (Å²) < 4.78 is 0. The fraction of sp³-hybridized carbons (Fsp3) is 0.0345. The predicted octanol–water partition coefficient (Wildman–Crippen LogP) is 16.3. The van der Waals surface area contributed by atoms with Gasteiger partial charge in [-0.15, -0.1) is 0 Å². The Kier molecular flexibility index (Phi) is 7.31. The van der Waals surface area contributed by atoms with E-state index in [0.29, 0.717) is 5.92 Å². The Morgan fingerprint density at radius 3 is 1.47 bits per heavy atom. The first-order valence-electron chi connectivity index (χ1n) is 20.4. The summed E-state index contributed by atoms with van der Waals surface area (Å²) >= 11 is 0. The first kappa shape index (κ1) is 32.9. The molecule has 270 valence electrons. The highest BCUT2D eigenvalue weighted by Crippen LogP contribution is 2.50. The van der Waals surface area contributed by atoms with E-state index >= 15 is 0 Å². The Hall–Kier alpha value is -7.28. The van der Waals surface area contributed by atoms with Gasteiger partial charge in [0.1, 0.15) is 0 Å². The van der Waals surface area contributed by atoms with Crippen molar-refractivity contribution in [2.24, 2.45) is 0 Å². The molecular weight excluding hydrogens is 697 g/mol. The minimum atomic E-state index is 0.359. The summed E-state index contributed by atoms with van der Waals surface area (Å²) in [7, 11) is 0. The summed E-state index contributed by atoms with van der Waals surface area (Å²) in [5, 5.41) is 12.7. The lowest BCUT2D eigenvalue weighted by molar-refractivity contribution is 0.957. The Morgan fingerprint density at radius 2 is 0.759 bits per heavy atom. The summed E-state index contributed by atoms with van der Waals surface area (Å²) in [6.45, 7) is 2.35. The Bertz CT molecular complexity index is 3400. The molecule has 0 spiro atoms. The summed E-state index contributed by atoms with van der Waals surface area (Å²) in [5.74, 6) is 0.359. The topological polar surface area (TPSA) is 0 Å². The molecule has 58 heavy (non-hydrogen) atoms. The minimum Gasteiger partial charge on any atom is -0.0619 e. The second-order valence-corrected chi connectivity index (χ2v) is 16.0. The van der Waals surface area contributed by atoms with E-state index in [2.05, 4.69) is 213 Å². The van der Waals surface area contributed by atoms with Crippen molar-refractivity contribution in [1.29, 1.82) is 0 Å². The third kappa shape index (κ3) is 4.95. The molecule has 11 aromatic rings. The third-order valence-electron chi connectivity index (χ3n) is 12.9. The quantitative estimate of drug-likeness (QED) is 0.125. The van der Waals surface area contributed by atoms with Gasteiger partial charge in [0, 0.05) is 5.92 Å². The highest BCUT2D eigenvalue weighted by Gasteiger charge is 2.26. The molecule has 1 unspecified atom stereocenters. The smallest absolute Gasteiger partial charge is 0.00735 e. The normalized spacial score (nSPS) is 13.4. The van der Waals surface area contributed by atoms with Crippen LogP contribution in [-0.4, -0.2) is 0 Å². The molecule has 1 aliphatic rings. The number of hydrogen-bond acceptors (Lipinski definition) is 0. The fourth-order valence-corrected chi connectivity index (χ4v) is 10.2. The molecule has 0 aliphatic heterocycles. The zero-order valence-electron chi connectivity index (χ0n) is 32.2. The first-order valence-corrected chi connectivity index (χ1v) is 20.4. The zero-order valence-corrected chi connectivity index (χ0v) is 32.2. The summed E-state index contributed by atoms with van der Waals surface area (Å²) in [5.41, 5.74) is 15.6. The van der Waals surface area contributed by atoms with Gasteiger partial charge in [-0.1, -0.05) is 189 Å². The molecule has 0 heterocycles. The molecule has 11 aromatic carbocycles. The maximum atomic E-state index is 2.47. The van der Waals surface area contributed by atoms with Gasteiger partial charge >= 0.3 is 0 Å². The van der Waals surface area contributed by atoms with Crippen molar-refractivity contribution in [3.63, 3.8) is 0 Å². The molecule has 0 N–H and O–H groups in total. The van der Waals surface area contributed by atoms with Crippen molar-refractivity contribution in [3.8, 4) is 55.6 Å². The lowest BCUT2D eigenvalue weighted by atomic mass is 9.83. The van der Waals surface area contributed by atoms with E-state index < -0.39 is 0 Å². The molecule has 0 radical (unpaired) electrons. The van der Waals surface area contributed by atoms with Gasteiger partial charge in [0.15, 0.2) is 0 Å². The molecule has 0 saturated carbocycles. The zero-order chi connectivity index (χ0) is 38.3. The Balaban J connectivity index is 1.04. The van der Waals surface area contributed by atoms with Crippen LogP contribution < -0.4 is 0 Å². The number of hydrogen-bond donors (Lipinski definition) is 0. The molecule has 0 heteroatoms. The van der Waals surface area contributed by atoms with E-state index in [1.807, 2.05) is 0 Å². The molecule has 0 saturated heterocycles. The van der Waals surface area contributed by atoms with E-state index in [1.165, 1.54) is 121 Å². The lowest BCUT2D eigenvalue weighted by Crippen LogP contribution is -1.94. The van der Waals surface area contributed by atoms with Crippen LogP contribution in [0.2, 0.25) is 0 Å². The Labute approximate surface area is 338 Å². The lowest BCUT2D eigenvalue weighted by Gasteiger charge is -2.20. The van der Waals surface area contributed by atoms with E-state index in [1.54, 1.807) is 0 Å². The van der Waals surface area contributed by atoms with Crippen LogP contribution in [-0.2, 0) is 0 Å². The van der Waals surface area contributed by atoms with Crippen molar-refractivity contribution >= 4 is 53.9 Å². The second-order valence-electron chi connectivity index (χ2n) is 16.0. The largest absolute Gasteiger partial charge is 0.0619 e. The third-order valence-corrected chi connectivity index (χ3v) is 12.9. The molecule has 12 rings (SSSR count). The highest BCUT2D eigenvalue weighted by molar-refractivity contribution is 6.24. The molecule has 0 amide bonds. The van der Waals surface area contributed by atoms with Gasteiger partial charge in [-0.2, -0.15) is 0 Å². The van der Waals surface area contributed by atoms with E-state index in [0.717, 1.165) is 0 Å². The average molecular weight is 735 g/mol. The molecule has 0 aromatic heterocycles.